The topological polar surface area (TPSA) is 68.3 Å². The minimum Gasteiger partial charge on any atom is -0.452 e. The van der Waals surface area contributed by atoms with E-state index in [1.807, 2.05) is 30.3 Å². The van der Waals surface area contributed by atoms with E-state index in [1.165, 1.54) is 12.3 Å². The number of carbonyl (C=O) groups excluding carboxylic acids is 2. The molecule has 124 valence electrons. The second-order valence-corrected chi connectivity index (χ2v) is 5.58. The van der Waals surface area contributed by atoms with Crippen molar-refractivity contribution < 1.29 is 14.3 Å². The number of nitrogens with one attached hydrogen (secondary N) is 1. The summed E-state index contributed by atoms with van der Waals surface area (Å²) < 4.78 is 4.86. The third-order valence-corrected chi connectivity index (χ3v) is 3.86. The molecule has 0 aliphatic heterocycles. The molecule has 24 heavy (non-hydrogen) atoms. The SMILES string of the molecule is Cc1c(Cl)cnc(NC(=O)COC(=O)/C=C/c2ccccc2)c1Cl. The summed E-state index contributed by atoms with van der Waals surface area (Å²) in [6.45, 7) is 1.26. The lowest BCUT2D eigenvalue weighted by Crippen LogP contribution is -2.21. The lowest BCUT2D eigenvalue weighted by atomic mass is 10.2. The fourth-order valence-corrected chi connectivity index (χ4v) is 2.12. The Kier molecular flexibility index (Phi) is 6.35. The van der Waals surface area contributed by atoms with E-state index in [-0.39, 0.29) is 10.8 Å². The molecule has 5 nitrogen and oxygen atoms in total. The molecule has 0 aliphatic carbocycles. The quantitative estimate of drug-likeness (QED) is 0.645. The van der Waals surface area contributed by atoms with Crippen molar-refractivity contribution in [2.24, 2.45) is 0 Å². The second kappa shape index (κ2) is 8.47. The van der Waals surface area contributed by atoms with Crippen LogP contribution in [0, 0.1) is 6.92 Å². The Balaban J connectivity index is 1.86. The van der Waals surface area contributed by atoms with Crippen LogP contribution in [0.5, 0.6) is 0 Å². The molecule has 1 heterocycles. The van der Waals surface area contributed by atoms with Crippen LogP contribution in [0.4, 0.5) is 5.82 Å². The minimum absolute atomic E-state index is 0.166. The molecule has 0 saturated carbocycles. The summed E-state index contributed by atoms with van der Waals surface area (Å²) >= 11 is 11.9. The first kappa shape index (κ1) is 18.0. The molecule has 0 spiro atoms. The molecule has 0 fully saturated rings. The first-order chi connectivity index (χ1) is 11.5. The third-order valence-electron chi connectivity index (χ3n) is 3.02. The number of carbonyl (C=O) groups is 2. The van der Waals surface area contributed by atoms with Gasteiger partial charge < -0.3 is 10.1 Å². The molecule has 0 saturated heterocycles. The van der Waals surface area contributed by atoms with Gasteiger partial charge in [0.1, 0.15) is 0 Å². The molecule has 0 atom stereocenters. The molecule has 1 aromatic carbocycles. The maximum absolute atomic E-state index is 11.8. The van der Waals surface area contributed by atoms with Gasteiger partial charge in [0.25, 0.3) is 5.91 Å². The Morgan fingerprint density at radius 3 is 2.67 bits per heavy atom. The summed E-state index contributed by atoms with van der Waals surface area (Å²) in [5.41, 5.74) is 1.46. The highest BCUT2D eigenvalue weighted by Gasteiger charge is 2.12. The van der Waals surface area contributed by atoms with Crippen molar-refractivity contribution in [2.45, 2.75) is 6.92 Å². The van der Waals surface area contributed by atoms with E-state index in [1.54, 1.807) is 13.0 Å². The van der Waals surface area contributed by atoms with Gasteiger partial charge in [0, 0.05) is 12.3 Å². The van der Waals surface area contributed by atoms with Crippen molar-refractivity contribution in [1.82, 2.24) is 4.98 Å². The highest BCUT2D eigenvalue weighted by atomic mass is 35.5. The monoisotopic (exact) mass is 364 g/mol. The first-order valence-corrected chi connectivity index (χ1v) is 7.73. The summed E-state index contributed by atoms with van der Waals surface area (Å²) in [6, 6.07) is 9.25. The summed E-state index contributed by atoms with van der Waals surface area (Å²) in [5, 5.41) is 3.11. The van der Waals surface area contributed by atoms with Gasteiger partial charge in [0.05, 0.1) is 10.0 Å². The smallest absolute Gasteiger partial charge is 0.331 e. The summed E-state index contributed by atoms with van der Waals surface area (Å²) in [4.78, 5) is 27.3. The van der Waals surface area contributed by atoms with E-state index in [2.05, 4.69) is 10.3 Å². The van der Waals surface area contributed by atoms with Crippen molar-refractivity contribution in [2.75, 3.05) is 11.9 Å². The number of hydrogen-bond donors (Lipinski definition) is 1. The molecule has 0 unspecified atom stereocenters. The van der Waals surface area contributed by atoms with Crippen LogP contribution >= 0.6 is 23.2 Å². The molecule has 1 amide bonds. The fourth-order valence-electron chi connectivity index (χ4n) is 1.73. The van der Waals surface area contributed by atoms with E-state index < -0.39 is 18.5 Å². The second-order valence-electron chi connectivity index (χ2n) is 4.79. The molecule has 7 heteroatoms. The Morgan fingerprint density at radius 1 is 1.25 bits per heavy atom. The maximum atomic E-state index is 11.8. The zero-order valence-corrected chi connectivity index (χ0v) is 14.3. The van der Waals surface area contributed by atoms with Crippen molar-refractivity contribution in [3.05, 3.63) is 63.8 Å². The van der Waals surface area contributed by atoms with Crippen molar-refractivity contribution in [3.8, 4) is 0 Å². The number of rotatable bonds is 5. The van der Waals surface area contributed by atoms with E-state index in [0.29, 0.717) is 10.6 Å². The molecule has 0 radical (unpaired) electrons. The molecule has 0 aliphatic rings. The minimum atomic E-state index is -0.625. The largest absolute Gasteiger partial charge is 0.452 e. The molecular weight excluding hydrogens is 351 g/mol. The molecule has 2 aromatic rings. The summed E-state index contributed by atoms with van der Waals surface area (Å²) in [5.74, 6) is -1.01. The van der Waals surface area contributed by atoms with Crippen LogP contribution in [-0.4, -0.2) is 23.5 Å². The van der Waals surface area contributed by atoms with Crippen molar-refractivity contribution in [1.29, 1.82) is 0 Å². The first-order valence-electron chi connectivity index (χ1n) is 6.97. The van der Waals surface area contributed by atoms with Crippen LogP contribution in [-0.2, 0) is 14.3 Å². The van der Waals surface area contributed by atoms with Gasteiger partial charge in [-0.25, -0.2) is 9.78 Å². The highest BCUT2D eigenvalue weighted by Crippen LogP contribution is 2.28. The Bertz CT molecular complexity index is 777. The van der Waals surface area contributed by atoms with Gasteiger partial charge in [-0.2, -0.15) is 0 Å². The van der Waals surface area contributed by atoms with Gasteiger partial charge in [0.2, 0.25) is 0 Å². The summed E-state index contributed by atoms with van der Waals surface area (Å²) in [7, 11) is 0. The number of benzene rings is 1. The molecule has 2 rings (SSSR count). The Hall–Kier alpha value is -2.37. The Morgan fingerprint density at radius 2 is 1.96 bits per heavy atom. The number of esters is 1. The fraction of sp³-hybridized carbons (Fsp3) is 0.118. The third kappa shape index (κ3) is 5.08. The number of anilines is 1. The predicted octanol–water partition coefficient (Wildman–Crippen LogP) is 3.89. The van der Waals surface area contributed by atoms with Crippen LogP contribution in [0.3, 0.4) is 0 Å². The zero-order chi connectivity index (χ0) is 17.5. The van der Waals surface area contributed by atoms with Gasteiger partial charge in [0.15, 0.2) is 12.4 Å². The van der Waals surface area contributed by atoms with Crippen LogP contribution < -0.4 is 5.32 Å². The van der Waals surface area contributed by atoms with Crippen molar-refractivity contribution in [3.63, 3.8) is 0 Å². The standard InChI is InChI=1S/C17H14Cl2N2O3/c1-11-13(18)9-20-17(16(11)19)21-14(22)10-24-15(23)8-7-12-5-3-2-4-6-12/h2-9H,10H2,1H3,(H,20,21,22)/b8-7+. The van der Waals surface area contributed by atoms with E-state index in [4.69, 9.17) is 27.9 Å². The van der Waals surface area contributed by atoms with Crippen molar-refractivity contribution >= 4 is 47.0 Å². The average molecular weight is 365 g/mol. The molecule has 1 aromatic heterocycles. The normalized spacial score (nSPS) is 10.6. The number of hydrogen-bond acceptors (Lipinski definition) is 4. The number of nitrogens with zero attached hydrogens (tertiary/aromatic N) is 1. The average Bonchev–Trinajstić information content (AvgIpc) is 2.59. The number of pyridine rings is 1. The number of amides is 1. The maximum Gasteiger partial charge on any atom is 0.331 e. The molecule has 0 bridgehead atoms. The lowest BCUT2D eigenvalue weighted by Gasteiger charge is -2.09. The number of aromatic nitrogens is 1. The Labute approximate surface area is 149 Å². The van der Waals surface area contributed by atoms with E-state index in [0.717, 1.165) is 5.56 Å². The van der Waals surface area contributed by atoms with Crippen LogP contribution in [0.2, 0.25) is 10.0 Å². The predicted molar refractivity (Wildman–Crippen MR) is 94.1 cm³/mol. The van der Waals surface area contributed by atoms with Crippen LogP contribution in [0.15, 0.2) is 42.6 Å². The summed E-state index contributed by atoms with van der Waals surface area (Å²) in [6.07, 6.45) is 4.23. The molecule has 1 N–H and O–H groups in total. The van der Waals surface area contributed by atoms with E-state index >= 15 is 0 Å². The van der Waals surface area contributed by atoms with Gasteiger partial charge in [-0.05, 0) is 24.1 Å². The van der Waals surface area contributed by atoms with Gasteiger partial charge in [-0.3, -0.25) is 4.79 Å². The highest BCUT2D eigenvalue weighted by molar-refractivity contribution is 6.37. The van der Waals surface area contributed by atoms with Gasteiger partial charge >= 0.3 is 5.97 Å². The number of halogens is 2. The van der Waals surface area contributed by atoms with Gasteiger partial charge in [-0.1, -0.05) is 53.5 Å². The van der Waals surface area contributed by atoms with Gasteiger partial charge in [-0.15, -0.1) is 0 Å². The van der Waals surface area contributed by atoms with Crippen LogP contribution in [0.1, 0.15) is 11.1 Å². The lowest BCUT2D eigenvalue weighted by molar-refractivity contribution is -0.142. The number of ether oxygens (including phenoxy) is 1. The molecular formula is C17H14Cl2N2O3. The zero-order valence-electron chi connectivity index (χ0n) is 12.8. The van der Waals surface area contributed by atoms with Crippen LogP contribution in [0.25, 0.3) is 6.08 Å². The van der Waals surface area contributed by atoms with E-state index in [9.17, 15) is 9.59 Å².